The van der Waals surface area contributed by atoms with Crippen molar-refractivity contribution in [1.82, 2.24) is 15.5 Å². The largest absolute Gasteiger partial charge is 0.337 e. The quantitative estimate of drug-likeness (QED) is 0.707. The molecule has 0 aliphatic carbocycles. The summed E-state index contributed by atoms with van der Waals surface area (Å²) in [4.78, 5) is 12.5. The van der Waals surface area contributed by atoms with Crippen molar-refractivity contribution in [3.63, 3.8) is 0 Å². The number of hydrogen-bond acceptors (Lipinski definition) is 2. The second-order valence-corrected chi connectivity index (χ2v) is 3.94. The highest BCUT2D eigenvalue weighted by atomic mass is 79.9. The molecule has 0 aliphatic rings. The van der Waals surface area contributed by atoms with Gasteiger partial charge in [-0.15, -0.1) is 0 Å². The normalized spacial score (nSPS) is 9.46. The van der Waals surface area contributed by atoms with Gasteiger partial charge in [0, 0.05) is 38.2 Å². The summed E-state index contributed by atoms with van der Waals surface area (Å²) < 4.78 is 0.909. The Morgan fingerprint density at radius 2 is 2.08 bits per heavy atom. The lowest BCUT2D eigenvalue weighted by Crippen LogP contribution is -2.38. The number of halogens is 1. The molecular weight excluding hydrogens is 234 g/mol. The van der Waals surface area contributed by atoms with Crippen molar-refractivity contribution in [3.8, 4) is 0 Å². The van der Waals surface area contributed by atoms with Crippen LogP contribution in [0.25, 0.3) is 0 Å². The number of carbonyl (C=O) groups excluding carboxylic acids is 1. The number of amides is 2. The zero-order valence-corrected chi connectivity index (χ0v) is 9.65. The van der Waals surface area contributed by atoms with Crippen LogP contribution in [0.3, 0.4) is 0 Å². The van der Waals surface area contributed by atoms with Crippen LogP contribution in [-0.2, 0) is 0 Å². The van der Waals surface area contributed by atoms with Crippen LogP contribution in [0.1, 0.15) is 0 Å². The van der Waals surface area contributed by atoms with Gasteiger partial charge in [-0.3, -0.25) is 0 Å². The molecule has 0 aromatic heterocycles. The molecule has 0 bridgehead atoms. The van der Waals surface area contributed by atoms with Gasteiger partial charge in [0.05, 0.1) is 0 Å². The number of nitrogens with zero attached hydrogens (tertiary/aromatic N) is 1. The van der Waals surface area contributed by atoms with Crippen molar-refractivity contribution in [2.75, 3.05) is 33.7 Å². The fraction of sp³-hybridized carbons (Fsp3) is 0.625. The van der Waals surface area contributed by atoms with Crippen molar-refractivity contribution in [2.24, 2.45) is 0 Å². The average Bonchev–Trinajstić information content (AvgIpc) is 2.02. The molecule has 4 nitrogen and oxygen atoms in total. The molecule has 0 fully saturated rings. The van der Waals surface area contributed by atoms with Gasteiger partial charge in [-0.05, 0) is 0 Å². The lowest BCUT2D eigenvalue weighted by molar-refractivity contribution is 0.217. The Bertz CT molecular complexity index is 182. The number of hydrogen-bond donors (Lipinski definition) is 2. The van der Waals surface area contributed by atoms with Crippen LogP contribution in [0.2, 0.25) is 0 Å². The molecule has 0 atom stereocenters. The summed E-state index contributed by atoms with van der Waals surface area (Å²) in [5, 5.41) is 5.83. The van der Waals surface area contributed by atoms with Gasteiger partial charge in [0.1, 0.15) is 0 Å². The maximum absolute atomic E-state index is 11.0. The molecule has 0 aromatic rings. The molecule has 0 saturated carbocycles. The summed E-state index contributed by atoms with van der Waals surface area (Å²) in [6, 6.07) is -0.0699. The minimum Gasteiger partial charge on any atom is -0.337 e. The molecule has 0 heterocycles. The number of urea groups is 1. The lowest BCUT2D eigenvalue weighted by atomic mass is 10.5. The Morgan fingerprint density at radius 3 is 2.54 bits per heavy atom. The van der Waals surface area contributed by atoms with Crippen LogP contribution in [-0.4, -0.2) is 44.7 Å². The number of carbonyl (C=O) groups is 1. The Labute approximate surface area is 87.5 Å². The highest BCUT2D eigenvalue weighted by Gasteiger charge is 1.99. The molecule has 0 unspecified atom stereocenters. The van der Waals surface area contributed by atoms with Gasteiger partial charge in [-0.1, -0.05) is 22.5 Å². The fourth-order valence-corrected chi connectivity index (χ4v) is 0.838. The highest BCUT2D eigenvalue weighted by molar-refractivity contribution is 9.11. The van der Waals surface area contributed by atoms with Gasteiger partial charge in [-0.2, -0.15) is 0 Å². The molecular formula is C8H16BrN3O. The number of rotatable bonds is 5. The SMILES string of the molecule is C=C(Br)CNCCNC(=O)N(C)C. The lowest BCUT2D eigenvalue weighted by Gasteiger charge is -2.11. The Morgan fingerprint density at radius 1 is 1.46 bits per heavy atom. The molecule has 0 aliphatic heterocycles. The van der Waals surface area contributed by atoms with Crippen LogP contribution in [0.15, 0.2) is 11.1 Å². The van der Waals surface area contributed by atoms with Gasteiger partial charge < -0.3 is 15.5 Å². The van der Waals surface area contributed by atoms with Crippen molar-refractivity contribution < 1.29 is 4.79 Å². The smallest absolute Gasteiger partial charge is 0.316 e. The third-order valence-corrected chi connectivity index (χ3v) is 1.58. The molecule has 13 heavy (non-hydrogen) atoms. The zero-order valence-electron chi connectivity index (χ0n) is 8.06. The van der Waals surface area contributed by atoms with Crippen molar-refractivity contribution >= 4 is 22.0 Å². The first-order valence-corrected chi connectivity index (χ1v) is 4.82. The van der Waals surface area contributed by atoms with Gasteiger partial charge >= 0.3 is 6.03 Å². The Kier molecular flexibility index (Phi) is 6.62. The molecule has 0 spiro atoms. The number of nitrogens with one attached hydrogen (secondary N) is 2. The first-order valence-electron chi connectivity index (χ1n) is 4.03. The summed E-state index contributed by atoms with van der Waals surface area (Å²) >= 11 is 3.23. The van der Waals surface area contributed by atoms with E-state index in [1.165, 1.54) is 4.90 Å². The molecule has 2 amide bonds. The third-order valence-electron chi connectivity index (χ3n) is 1.30. The van der Waals surface area contributed by atoms with E-state index in [1.54, 1.807) is 14.1 Å². The Hall–Kier alpha value is -0.550. The van der Waals surface area contributed by atoms with Gasteiger partial charge in [-0.25, -0.2) is 4.79 Å². The van der Waals surface area contributed by atoms with Crippen molar-refractivity contribution in [3.05, 3.63) is 11.1 Å². The zero-order chi connectivity index (χ0) is 10.3. The van der Waals surface area contributed by atoms with E-state index in [-0.39, 0.29) is 6.03 Å². The van der Waals surface area contributed by atoms with Crippen LogP contribution in [0.5, 0.6) is 0 Å². The monoisotopic (exact) mass is 249 g/mol. The third kappa shape index (κ3) is 7.80. The summed E-state index contributed by atoms with van der Waals surface area (Å²) in [6.45, 7) is 5.76. The van der Waals surface area contributed by atoms with E-state index in [2.05, 4.69) is 33.1 Å². The van der Waals surface area contributed by atoms with E-state index >= 15 is 0 Å². The fourth-order valence-electron chi connectivity index (χ4n) is 0.640. The molecule has 5 heteroatoms. The van der Waals surface area contributed by atoms with E-state index in [4.69, 9.17) is 0 Å². The second-order valence-electron chi connectivity index (χ2n) is 2.82. The summed E-state index contributed by atoms with van der Waals surface area (Å²) in [7, 11) is 3.42. The second kappa shape index (κ2) is 6.91. The van der Waals surface area contributed by atoms with Crippen LogP contribution in [0, 0.1) is 0 Å². The average molecular weight is 250 g/mol. The molecule has 76 valence electrons. The molecule has 0 rings (SSSR count). The van der Waals surface area contributed by atoms with E-state index in [0.717, 1.165) is 17.6 Å². The van der Waals surface area contributed by atoms with Crippen molar-refractivity contribution in [2.45, 2.75) is 0 Å². The minimum atomic E-state index is -0.0699. The van der Waals surface area contributed by atoms with Gasteiger partial charge in [0.25, 0.3) is 0 Å². The van der Waals surface area contributed by atoms with E-state index in [9.17, 15) is 4.79 Å². The van der Waals surface area contributed by atoms with E-state index < -0.39 is 0 Å². The highest BCUT2D eigenvalue weighted by Crippen LogP contribution is 1.95. The Balaban J connectivity index is 3.26. The van der Waals surface area contributed by atoms with E-state index in [1.807, 2.05) is 0 Å². The predicted octanol–water partition coefficient (Wildman–Crippen LogP) is 0.756. The topological polar surface area (TPSA) is 44.4 Å². The first kappa shape index (κ1) is 12.4. The van der Waals surface area contributed by atoms with Gasteiger partial charge in [0.2, 0.25) is 0 Å². The molecule has 0 radical (unpaired) electrons. The van der Waals surface area contributed by atoms with Crippen LogP contribution < -0.4 is 10.6 Å². The summed E-state index contributed by atoms with van der Waals surface area (Å²) in [6.07, 6.45) is 0. The van der Waals surface area contributed by atoms with Crippen LogP contribution in [0.4, 0.5) is 4.79 Å². The van der Waals surface area contributed by atoms with Crippen molar-refractivity contribution in [1.29, 1.82) is 0 Å². The van der Waals surface area contributed by atoms with Crippen LogP contribution >= 0.6 is 15.9 Å². The summed E-state index contributed by atoms with van der Waals surface area (Å²) in [5.74, 6) is 0. The maximum Gasteiger partial charge on any atom is 0.316 e. The standard InChI is InChI=1S/C8H16BrN3O/c1-7(9)6-10-4-5-11-8(13)12(2)3/h10H,1,4-6H2,2-3H3,(H,11,13). The molecule has 0 saturated heterocycles. The summed E-state index contributed by atoms with van der Waals surface area (Å²) in [5.41, 5.74) is 0. The minimum absolute atomic E-state index is 0.0699. The maximum atomic E-state index is 11.0. The van der Waals surface area contributed by atoms with Gasteiger partial charge in [0.15, 0.2) is 0 Å². The predicted molar refractivity (Wildman–Crippen MR) is 58.0 cm³/mol. The first-order chi connectivity index (χ1) is 6.04. The molecule has 2 N–H and O–H groups in total. The molecule has 0 aromatic carbocycles. The van der Waals surface area contributed by atoms with E-state index in [0.29, 0.717) is 6.54 Å².